The Hall–Kier alpha value is 0.0269. The van der Waals surface area contributed by atoms with Crippen molar-refractivity contribution in [3.05, 3.63) is 0 Å². The van der Waals surface area contributed by atoms with Crippen molar-refractivity contribution in [3.8, 4) is 0 Å². The SMILES string of the molecule is C[Si](C)(C)CCOC(=O)C(F)(F)Br. The largest absolute Gasteiger partial charge is 0.461 e. The van der Waals surface area contributed by atoms with E-state index in [1.807, 2.05) is 15.9 Å². The summed E-state index contributed by atoms with van der Waals surface area (Å²) in [4.78, 5) is 7.00. The molecule has 0 unspecified atom stereocenters. The molecule has 0 aromatic carbocycles. The lowest BCUT2D eigenvalue weighted by molar-refractivity contribution is -0.158. The molecule has 0 rings (SSSR count). The Bertz CT molecular complexity index is 186. The molecule has 0 saturated heterocycles. The van der Waals surface area contributed by atoms with Crippen LogP contribution in [0.1, 0.15) is 0 Å². The fourth-order valence-electron chi connectivity index (χ4n) is 0.532. The number of hydrogen-bond donors (Lipinski definition) is 0. The number of hydrogen-bond acceptors (Lipinski definition) is 2. The molecular weight excluding hydrogens is 262 g/mol. The molecule has 0 aromatic rings. The zero-order valence-corrected chi connectivity index (χ0v) is 10.5. The summed E-state index contributed by atoms with van der Waals surface area (Å²) in [5.41, 5.74) is 0. The van der Waals surface area contributed by atoms with Crippen LogP contribution in [0.5, 0.6) is 0 Å². The summed E-state index contributed by atoms with van der Waals surface area (Å²) in [6, 6.07) is 0.696. The second kappa shape index (κ2) is 4.50. The van der Waals surface area contributed by atoms with Gasteiger partial charge in [-0.05, 0) is 6.04 Å². The van der Waals surface area contributed by atoms with E-state index in [0.29, 0.717) is 6.04 Å². The average Bonchev–Trinajstić information content (AvgIpc) is 1.82. The summed E-state index contributed by atoms with van der Waals surface area (Å²) >= 11 is 1.93. The summed E-state index contributed by atoms with van der Waals surface area (Å²) in [7, 11) is -1.32. The van der Waals surface area contributed by atoms with Crippen LogP contribution in [0, 0.1) is 0 Å². The number of rotatable bonds is 4. The third-order valence-corrected chi connectivity index (χ3v) is 3.34. The van der Waals surface area contributed by atoms with Crippen LogP contribution >= 0.6 is 15.9 Å². The van der Waals surface area contributed by atoms with Crippen LogP contribution in [0.2, 0.25) is 25.7 Å². The van der Waals surface area contributed by atoms with Gasteiger partial charge >= 0.3 is 10.8 Å². The quantitative estimate of drug-likeness (QED) is 0.448. The van der Waals surface area contributed by atoms with E-state index < -0.39 is 18.9 Å². The number of ether oxygens (including phenoxy) is 1. The van der Waals surface area contributed by atoms with E-state index in [2.05, 4.69) is 24.4 Å². The Kier molecular flexibility index (Phi) is 4.51. The molecule has 0 radical (unpaired) electrons. The van der Waals surface area contributed by atoms with Crippen molar-refractivity contribution in [1.82, 2.24) is 0 Å². The maximum absolute atomic E-state index is 12.2. The fraction of sp³-hybridized carbons (Fsp3) is 0.857. The molecule has 6 heteroatoms. The van der Waals surface area contributed by atoms with Crippen LogP contribution < -0.4 is 0 Å². The monoisotopic (exact) mass is 274 g/mol. The van der Waals surface area contributed by atoms with Gasteiger partial charge in [-0.1, -0.05) is 19.6 Å². The van der Waals surface area contributed by atoms with Crippen LogP contribution in [0.3, 0.4) is 0 Å². The highest BCUT2D eigenvalue weighted by Gasteiger charge is 2.37. The molecule has 0 aliphatic rings. The first-order valence-electron chi connectivity index (χ1n) is 3.87. The maximum Gasteiger partial charge on any atom is 0.395 e. The van der Waals surface area contributed by atoms with Gasteiger partial charge in [-0.3, -0.25) is 0 Å². The van der Waals surface area contributed by atoms with E-state index >= 15 is 0 Å². The second-order valence-electron chi connectivity index (χ2n) is 3.94. The highest BCUT2D eigenvalue weighted by Crippen LogP contribution is 2.23. The smallest absolute Gasteiger partial charge is 0.395 e. The van der Waals surface area contributed by atoms with Gasteiger partial charge in [-0.25, -0.2) is 4.79 Å². The first kappa shape index (κ1) is 13.0. The van der Waals surface area contributed by atoms with Gasteiger partial charge in [0.15, 0.2) is 0 Å². The molecule has 78 valence electrons. The van der Waals surface area contributed by atoms with E-state index in [9.17, 15) is 13.6 Å². The van der Waals surface area contributed by atoms with Gasteiger partial charge in [0.2, 0.25) is 0 Å². The predicted molar refractivity (Wildman–Crippen MR) is 53.0 cm³/mol. The Labute approximate surface area is 85.8 Å². The van der Waals surface area contributed by atoms with Crippen LogP contribution in [0.15, 0.2) is 0 Å². The first-order chi connectivity index (χ1) is 5.63. The fourth-order valence-corrected chi connectivity index (χ4v) is 1.36. The van der Waals surface area contributed by atoms with Crippen LogP contribution in [0.4, 0.5) is 8.78 Å². The molecule has 0 amide bonds. The van der Waals surface area contributed by atoms with E-state index in [-0.39, 0.29) is 6.61 Å². The molecule has 0 fully saturated rings. The lowest BCUT2D eigenvalue weighted by Crippen LogP contribution is -2.27. The van der Waals surface area contributed by atoms with Gasteiger partial charge in [0, 0.05) is 24.0 Å². The predicted octanol–water partition coefficient (Wildman–Crippen LogP) is 2.86. The van der Waals surface area contributed by atoms with Gasteiger partial charge in [0.1, 0.15) is 0 Å². The third kappa shape index (κ3) is 7.13. The van der Waals surface area contributed by atoms with Crippen molar-refractivity contribution in [2.75, 3.05) is 6.61 Å². The lowest BCUT2D eigenvalue weighted by Gasteiger charge is -2.16. The molecule has 13 heavy (non-hydrogen) atoms. The standard InChI is InChI=1S/C7H13BrF2O2Si/c1-13(2,3)5-4-12-6(11)7(8,9)10/h4-5H2,1-3H3. The Morgan fingerprint density at radius 1 is 1.46 bits per heavy atom. The molecular formula is C7H13BrF2O2Si. The molecule has 0 N–H and O–H groups in total. The van der Waals surface area contributed by atoms with Gasteiger partial charge in [0.05, 0.1) is 6.61 Å². The van der Waals surface area contributed by atoms with Crippen molar-refractivity contribution in [2.24, 2.45) is 0 Å². The van der Waals surface area contributed by atoms with Crippen LogP contribution in [0.25, 0.3) is 0 Å². The summed E-state index contributed by atoms with van der Waals surface area (Å²) in [6.45, 7) is 6.31. The van der Waals surface area contributed by atoms with E-state index in [1.54, 1.807) is 0 Å². The maximum atomic E-state index is 12.2. The number of carbonyl (C=O) groups is 1. The summed E-state index contributed by atoms with van der Waals surface area (Å²) in [5.74, 6) is -1.51. The van der Waals surface area contributed by atoms with Gasteiger partial charge in [0.25, 0.3) is 0 Å². The molecule has 2 nitrogen and oxygen atoms in total. The molecule has 0 aliphatic heterocycles. The highest BCUT2D eigenvalue weighted by molar-refractivity contribution is 9.10. The number of halogens is 3. The minimum absolute atomic E-state index is 0.0791. The zero-order chi connectivity index (χ0) is 10.7. The molecule has 0 bridgehead atoms. The molecule has 0 atom stereocenters. The molecule has 0 aliphatic carbocycles. The van der Waals surface area contributed by atoms with Crippen molar-refractivity contribution >= 4 is 30.0 Å². The van der Waals surface area contributed by atoms with Crippen molar-refractivity contribution < 1.29 is 18.3 Å². The molecule has 0 aromatic heterocycles. The third-order valence-electron chi connectivity index (χ3n) is 1.32. The summed E-state index contributed by atoms with van der Waals surface area (Å²) in [5, 5.41) is 0. The minimum Gasteiger partial charge on any atom is -0.461 e. The summed E-state index contributed by atoms with van der Waals surface area (Å²) in [6.07, 6.45) is 0. The second-order valence-corrected chi connectivity index (χ2v) is 10.6. The number of carbonyl (C=O) groups excluding carboxylic acids is 1. The zero-order valence-electron chi connectivity index (χ0n) is 7.86. The van der Waals surface area contributed by atoms with E-state index in [0.717, 1.165) is 0 Å². The number of alkyl halides is 3. The van der Waals surface area contributed by atoms with E-state index in [1.165, 1.54) is 0 Å². The molecule has 0 heterocycles. The first-order valence-corrected chi connectivity index (χ1v) is 8.37. The molecule has 0 saturated carbocycles. The number of esters is 1. The lowest BCUT2D eigenvalue weighted by atomic mass is 10.7. The highest BCUT2D eigenvalue weighted by atomic mass is 79.9. The van der Waals surface area contributed by atoms with Gasteiger partial charge in [-0.2, -0.15) is 8.78 Å². The minimum atomic E-state index is -3.55. The van der Waals surface area contributed by atoms with Gasteiger partial charge in [-0.15, -0.1) is 0 Å². The Balaban J connectivity index is 3.74. The molecule has 0 spiro atoms. The topological polar surface area (TPSA) is 26.3 Å². The average molecular weight is 275 g/mol. The van der Waals surface area contributed by atoms with Crippen molar-refractivity contribution in [1.29, 1.82) is 0 Å². The van der Waals surface area contributed by atoms with Gasteiger partial charge < -0.3 is 4.74 Å². The van der Waals surface area contributed by atoms with Crippen molar-refractivity contribution in [3.63, 3.8) is 0 Å². The Morgan fingerprint density at radius 2 is 1.92 bits per heavy atom. The Morgan fingerprint density at radius 3 is 2.23 bits per heavy atom. The van der Waals surface area contributed by atoms with Crippen LogP contribution in [-0.4, -0.2) is 25.5 Å². The van der Waals surface area contributed by atoms with Crippen LogP contribution in [-0.2, 0) is 9.53 Å². The van der Waals surface area contributed by atoms with E-state index in [4.69, 9.17) is 0 Å². The summed E-state index contributed by atoms with van der Waals surface area (Å²) < 4.78 is 28.8. The van der Waals surface area contributed by atoms with Crippen molar-refractivity contribution in [2.45, 2.75) is 30.5 Å². The normalized spacial score (nSPS) is 12.8.